The summed E-state index contributed by atoms with van der Waals surface area (Å²) in [7, 11) is 0. The fraction of sp³-hybridized carbons (Fsp3) is 0.522. The Labute approximate surface area is 182 Å². The van der Waals surface area contributed by atoms with Crippen molar-refractivity contribution in [3.63, 3.8) is 0 Å². The van der Waals surface area contributed by atoms with Crippen LogP contribution in [0.2, 0.25) is 0 Å². The van der Waals surface area contributed by atoms with E-state index >= 15 is 0 Å². The molecule has 0 unspecified atom stereocenters. The van der Waals surface area contributed by atoms with E-state index in [1.165, 1.54) is 11.3 Å². The molecule has 1 fully saturated rings. The summed E-state index contributed by atoms with van der Waals surface area (Å²) in [6.45, 7) is 2.46. The number of unbranched alkanes of at least 4 members (excludes halogenated alkanes) is 2. The van der Waals surface area contributed by atoms with E-state index in [0.29, 0.717) is 18.7 Å². The lowest BCUT2D eigenvalue weighted by Gasteiger charge is -2.32. The van der Waals surface area contributed by atoms with E-state index in [-0.39, 0.29) is 23.9 Å². The zero-order valence-corrected chi connectivity index (χ0v) is 18.4. The predicted octanol–water partition coefficient (Wildman–Crippen LogP) is 4.46. The lowest BCUT2D eigenvalue weighted by molar-refractivity contribution is -0.122. The Bertz CT molecular complexity index is 809. The summed E-state index contributed by atoms with van der Waals surface area (Å²) in [4.78, 5) is 29.4. The van der Waals surface area contributed by atoms with Crippen LogP contribution in [0.25, 0.3) is 0 Å². The van der Waals surface area contributed by atoms with Gasteiger partial charge in [0.15, 0.2) is 0 Å². The maximum Gasteiger partial charge on any atom is 0.271 e. The number of rotatable bonds is 10. The maximum atomic E-state index is 12.7. The number of nitrogens with zero attached hydrogens (tertiary/aromatic N) is 1. The van der Waals surface area contributed by atoms with Crippen molar-refractivity contribution in [2.24, 2.45) is 0 Å². The molecular weight excluding hydrogens is 398 g/mol. The van der Waals surface area contributed by atoms with Gasteiger partial charge in [-0.25, -0.2) is 4.98 Å². The number of hydrogen-bond acceptors (Lipinski definition) is 5. The molecule has 0 saturated heterocycles. The van der Waals surface area contributed by atoms with Gasteiger partial charge in [-0.15, -0.1) is 11.3 Å². The Hall–Kier alpha value is -2.41. The largest absolute Gasteiger partial charge is 0.486 e. The normalized spacial score (nSPS) is 18.6. The molecule has 0 aliphatic heterocycles. The molecule has 1 aromatic carbocycles. The second-order valence-corrected chi connectivity index (χ2v) is 8.67. The summed E-state index contributed by atoms with van der Waals surface area (Å²) in [5.74, 6) is 0.677. The van der Waals surface area contributed by atoms with Crippen molar-refractivity contribution < 1.29 is 14.3 Å². The number of nitrogens with one attached hydrogen (secondary N) is 2. The van der Waals surface area contributed by atoms with E-state index in [1.54, 1.807) is 5.38 Å². The van der Waals surface area contributed by atoms with Crippen LogP contribution in [0.15, 0.2) is 35.7 Å². The van der Waals surface area contributed by atoms with Crippen molar-refractivity contribution >= 4 is 23.2 Å². The molecule has 30 heavy (non-hydrogen) atoms. The zero-order chi connectivity index (χ0) is 21.2. The highest BCUT2D eigenvalue weighted by Crippen LogP contribution is 2.20. The Morgan fingerprint density at radius 3 is 2.57 bits per heavy atom. The average Bonchev–Trinajstić information content (AvgIpc) is 3.24. The molecule has 1 saturated carbocycles. The maximum absolute atomic E-state index is 12.7. The number of amides is 2. The monoisotopic (exact) mass is 429 g/mol. The Morgan fingerprint density at radius 2 is 1.83 bits per heavy atom. The van der Waals surface area contributed by atoms with Crippen LogP contribution in [0.3, 0.4) is 0 Å². The molecule has 162 valence electrons. The fourth-order valence-electron chi connectivity index (χ4n) is 3.68. The molecule has 0 radical (unpaired) electrons. The second-order valence-electron chi connectivity index (χ2n) is 7.72. The first-order valence-electron chi connectivity index (χ1n) is 10.9. The number of thiazole rings is 1. The molecule has 0 bridgehead atoms. The molecule has 1 aliphatic rings. The Balaban J connectivity index is 1.50. The number of para-hydroxylation sites is 1. The van der Waals surface area contributed by atoms with E-state index < -0.39 is 0 Å². The number of hydrogen-bond donors (Lipinski definition) is 2. The third-order valence-electron chi connectivity index (χ3n) is 5.33. The molecule has 2 N–H and O–H groups in total. The topological polar surface area (TPSA) is 80.3 Å². The number of carbonyl (C=O) groups excluding carboxylic acids is 2. The van der Waals surface area contributed by atoms with Crippen molar-refractivity contribution in [3.8, 4) is 5.75 Å². The van der Waals surface area contributed by atoms with E-state index in [2.05, 4.69) is 22.5 Å². The van der Waals surface area contributed by atoms with Crippen LogP contribution in [0.5, 0.6) is 5.75 Å². The first-order valence-corrected chi connectivity index (χ1v) is 11.8. The number of aromatic nitrogens is 1. The van der Waals surface area contributed by atoms with Crippen LogP contribution in [0.4, 0.5) is 0 Å². The smallest absolute Gasteiger partial charge is 0.271 e. The summed E-state index contributed by atoms with van der Waals surface area (Å²) < 4.78 is 5.70. The van der Waals surface area contributed by atoms with E-state index in [0.717, 1.165) is 55.7 Å². The molecular formula is C23H31N3O3S. The fourth-order valence-corrected chi connectivity index (χ4v) is 4.36. The Kier molecular flexibility index (Phi) is 8.68. The summed E-state index contributed by atoms with van der Waals surface area (Å²) >= 11 is 1.42. The van der Waals surface area contributed by atoms with E-state index in [4.69, 9.17) is 4.74 Å². The molecule has 1 heterocycles. The third kappa shape index (κ3) is 6.83. The van der Waals surface area contributed by atoms with Crippen molar-refractivity contribution in [1.82, 2.24) is 15.6 Å². The van der Waals surface area contributed by atoms with E-state index in [1.807, 2.05) is 30.3 Å². The predicted molar refractivity (Wildman–Crippen MR) is 119 cm³/mol. The van der Waals surface area contributed by atoms with Gasteiger partial charge in [0.25, 0.3) is 5.91 Å². The standard InChI is InChI=1S/C23H31N3O3S/c1-2-3-5-14-21(27)24-18-12-8-9-13-19(18)26-23(28)20-16-30-22(25-20)15-29-17-10-6-4-7-11-17/h4,6-7,10-11,16,18-19H,2-3,5,8-9,12-15H2,1H3,(H,24,27)(H,26,28)/t18-,19+/m0/s1. The van der Waals surface area contributed by atoms with Gasteiger partial charge in [0, 0.05) is 23.9 Å². The molecule has 2 aromatic rings. The number of carbonyl (C=O) groups is 2. The minimum Gasteiger partial charge on any atom is -0.486 e. The molecule has 6 nitrogen and oxygen atoms in total. The Morgan fingerprint density at radius 1 is 1.10 bits per heavy atom. The first-order chi connectivity index (χ1) is 14.7. The van der Waals surface area contributed by atoms with Gasteiger partial charge >= 0.3 is 0 Å². The lowest BCUT2D eigenvalue weighted by Crippen LogP contribution is -2.53. The van der Waals surface area contributed by atoms with Crippen molar-refractivity contribution in [2.45, 2.75) is 77.0 Å². The van der Waals surface area contributed by atoms with Crippen LogP contribution in [0.1, 0.15) is 73.8 Å². The summed E-state index contributed by atoms with van der Waals surface area (Å²) in [5, 5.41) is 8.75. The molecule has 1 aliphatic carbocycles. The molecule has 7 heteroatoms. The number of ether oxygens (including phenoxy) is 1. The minimum absolute atomic E-state index is 0.00338. The minimum atomic E-state index is -0.186. The molecule has 3 rings (SSSR count). The number of benzene rings is 1. The van der Waals surface area contributed by atoms with Crippen molar-refractivity contribution in [1.29, 1.82) is 0 Å². The highest BCUT2D eigenvalue weighted by atomic mass is 32.1. The van der Waals surface area contributed by atoms with Crippen LogP contribution in [0, 0.1) is 0 Å². The first kappa shape index (κ1) is 22.3. The van der Waals surface area contributed by atoms with Crippen molar-refractivity contribution in [2.75, 3.05) is 0 Å². The van der Waals surface area contributed by atoms with Gasteiger partial charge in [0.05, 0.1) is 0 Å². The molecule has 2 atom stereocenters. The van der Waals surface area contributed by atoms with Gasteiger partial charge in [0.1, 0.15) is 23.1 Å². The summed E-state index contributed by atoms with van der Waals surface area (Å²) in [5.41, 5.74) is 0.408. The third-order valence-corrected chi connectivity index (χ3v) is 6.15. The highest BCUT2D eigenvalue weighted by molar-refractivity contribution is 7.09. The van der Waals surface area contributed by atoms with Gasteiger partial charge in [-0.3, -0.25) is 9.59 Å². The zero-order valence-electron chi connectivity index (χ0n) is 17.6. The molecule has 0 spiro atoms. The highest BCUT2D eigenvalue weighted by Gasteiger charge is 2.28. The second kappa shape index (κ2) is 11.7. The SMILES string of the molecule is CCCCCC(=O)N[C@H]1CCCC[C@H]1NC(=O)c1csc(COc2ccccc2)n1. The average molecular weight is 430 g/mol. The lowest BCUT2D eigenvalue weighted by atomic mass is 9.90. The van der Waals surface area contributed by atoms with E-state index in [9.17, 15) is 9.59 Å². The molecule has 2 amide bonds. The molecule has 1 aromatic heterocycles. The van der Waals surface area contributed by atoms with Gasteiger partial charge in [-0.05, 0) is 31.4 Å². The van der Waals surface area contributed by atoms with Gasteiger partial charge in [-0.2, -0.15) is 0 Å². The van der Waals surface area contributed by atoms with Crippen LogP contribution in [-0.2, 0) is 11.4 Å². The summed E-state index contributed by atoms with van der Waals surface area (Å²) in [6.07, 6.45) is 7.54. The van der Waals surface area contributed by atoms with Crippen LogP contribution >= 0.6 is 11.3 Å². The van der Waals surface area contributed by atoms with Gasteiger partial charge < -0.3 is 15.4 Å². The van der Waals surface area contributed by atoms with Crippen molar-refractivity contribution in [3.05, 3.63) is 46.4 Å². The van der Waals surface area contributed by atoms with Gasteiger partial charge in [0.2, 0.25) is 5.91 Å². The van der Waals surface area contributed by atoms with Gasteiger partial charge in [-0.1, -0.05) is 50.8 Å². The summed E-state index contributed by atoms with van der Waals surface area (Å²) in [6, 6.07) is 9.49. The van der Waals surface area contributed by atoms with Crippen LogP contribution < -0.4 is 15.4 Å². The van der Waals surface area contributed by atoms with Crippen LogP contribution in [-0.4, -0.2) is 28.9 Å². The quantitative estimate of drug-likeness (QED) is 0.547.